The monoisotopic (exact) mass is 280 g/mol. The Morgan fingerprint density at radius 3 is 3.19 bits per heavy atom. The minimum absolute atomic E-state index is 0.377. The fourth-order valence-corrected chi connectivity index (χ4v) is 1.69. The van der Waals surface area contributed by atoms with Crippen molar-refractivity contribution in [1.82, 2.24) is 9.97 Å². The van der Waals surface area contributed by atoms with E-state index < -0.39 is 0 Å². The maximum Gasteiger partial charge on any atom is 0.330 e. The zero-order valence-corrected chi connectivity index (χ0v) is 10.1. The lowest BCUT2D eigenvalue weighted by molar-refractivity contribution is -0.134. The number of hydrogen-bond acceptors (Lipinski definition) is 3. The molecule has 2 aromatic heterocycles. The zero-order chi connectivity index (χ0) is 11.5. The molecule has 1 N–H and O–H groups in total. The van der Waals surface area contributed by atoms with Gasteiger partial charge in [-0.05, 0) is 28.1 Å². The summed E-state index contributed by atoms with van der Waals surface area (Å²) in [7, 11) is 1.35. The van der Waals surface area contributed by atoms with Gasteiger partial charge in [0.05, 0.1) is 7.11 Å². The number of rotatable bonds is 2. The van der Waals surface area contributed by atoms with Crippen LogP contribution in [-0.4, -0.2) is 23.0 Å². The summed E-state index contributed by atoms with van der Waals surface area (Å²) in [5.74, 6) is -0.377. The third-order valence-electron chi connectivity index (χ3n) is 2.13. The van der Waals surface area contributed by atoms with Gasteiger partial charge in [0.15, 0.2) is 0 Å². The fourth-order valence-electron chi connectivity index (χ4n) is 1.36. The van der Waals surface area contributed by atoms with Gasteiger partial charge in [0.25, 0.3) is 0 Å². The van der Waals surface area contributed by atoms with Crippen LogP contribution in [0, 0.1) is 0 Å². The lowest BCUT2D eigenvalue weighted by atomic mass is 10.2. The second-order valence-electron chi connectivity index (χ2n) is 3.15. The number of nitrogens with zero attached hydrogens (tertiary/aromatic N) is 1. The average Bonchev–Trinajstić information content (AvgIpc) is 2.68. The van der Waals surface area contributed by atoms with Gasteiger partial charge in [-0.1, -0.05) is 0 Å². The standard InChI is InChI=1S/C11H9BrN2O2/c1-16-10(15)3-2-7-5-13-11-9(7)4-8(12)6-14-11/h2-6H,1H3,(H,13,14). The third kappa shape index (κ3) is 2.14. The van der Waals surface area contributed by atoms with Crippen molar-refractivity contribution in [2.45, 2.75) is 0 Å². The first-order chi connectivity index (χ1) is 7.70. The largest absolute Gasteiger partial charge is 0.466 e. The van der Waals surface area contributed by atoms with Gasteiger partial charge >= 0.3 is 5.97 Å². The topological polar surface area (TPSA) is 55.0 Å². The predicted molar refractivity (Wildman–Crippen MR) is 64.8 cm³/mol. The second kappa shape index (κ2) is 4.49. The molecule has 16 heavy (non-hydrogen) atoms. The number of H-pyrrole nitrogens is 1. The number of methoxy groups -OCH3 is 1. The molecule has 0 aliphatic heterocycles. The van der Waals surface area contributed by atoms with E-state index in [1.165, 1.54) is 13.2 Å². The number of aromatic amines is 1. The maximum atomic E-state index is 11.0. The summed E-state index contributed by atoms with van der Waals surface area (Å²) in [6.07, 6.45) is 6.58. The van der Waals surface area contributed by atoms with Crippen LogP contribution in [0.15, 0.2) is 29.0 Å². The van der Waals surface area contributed by atoms with Gasteiger partial charge in [0, 0.05) is 33.9 Å². The number of aromatic nitrogens is 2. The highest BCUT2D eigenvalue weighted by Gasteiger charge is 2.03. The van der Waals surface area contributed by atoms with E-state index in [2.05, 4.69) is 30.6 Å². The Morgan fingerprint density at radius 2 is 2.44 bits per heavy atom. The highest BCUT2D eigenvalue weighted by molar-refractivity contribution is 9.10. The van der Waals surface area contributed by atoms with Gasteiger partial charge < -0.3 is 9.72 Å². The highest BCUT2D eigenvalue weighted by Crippen LogP contribution is 2.21. The first-order valence-electron chi connectivity index (χ1n) is 4.59. The number of fused-ring (bicyclic) bond motifs is 1. The van der Waals surface area contributed by atoms with Crippen molar-refractivity contribution in [3.63, 3.8) is 0 Å². The maximum absolute atomic E-state index is 11.0. The van der Waals surface area contributed by atoms with Crippen molar-refractivity contribution in [3.8, 4) is 0 Å². The Hall–Kier alpha value is -1.62. The Bertz CT molecular complexity index is 560. The van der Waals surface area contributed by atoms with Gasteiger partial charge in [-0.25, -0.2) is 9.78 Å². The van der Waals surface area contributed by atoms with Crippen molar-refractivity contribution < 1.29 is 9.53 Å². The Morgan fingerprint density at radius 1 is 1.62 bits per heavy atom. The molecule has 0 aromatic carbocycles. The van der Waals surface area contributed by atoms with Crippen molar-refractivity contribution in [1.29, 1.82) is 0 Å². The zero-order valence-electron chi connectivity index (χ0n) is 8.53. The number of ether oxygens (including phenoxy) is 1. The van der Waals surface area contributed by atoms with E-state index in [9.17, 15) is 4.79 Å². The van der Waals surface area contributed by atoms with Crippen molar-refractivity contribution in [2.24, 2.45) is 0 Å². The van der Waals surface area contributed by atoms with E-state index in [0.717, 1.165) is 21.1 Å². The predicted octanol–water partition coefficient (Wildman–Crippen LogP) is 2.51. The molecule has 0 spiro atoms. The summed E-state index contributed by atoms with van der Waals surface area (Å²) in [4.78, 5) is 18.2. The minimum Gasteiger partial charge on any atom is -0.466 e. The van der Waals surface area contributed by atoms with Crippen LogP contribution in [-0.2, 0) is 9.53 Å². The number of carbonyl (C=O) groups excluding carboxylic acids is 1. The van der Waals surface area contributed by atoms with Crippen LogP contribution in [0.1, 0.15) is 5.56 Å². The van der Waals surface area contributed by atoms with E-state index in [-0.39, 0.29) is 5.97 Å². The van der Waals surface area contributed by atoms with Crippen LogP contribution in [0.25, 0.3) is 17.1 Å². The van der Waals surface area contributed by atoms with Crippen LogP contribution in [0.3, 0.4) is 0 Å². The van der Waals surface area contributed by atoms with Crippen LogP contribution >= 0.6 is 15.9 Å². The number of esters is 1. The summed E-state index contributed by atoms with van der Waals surface area (Å²) in [5.41, 5.74) is 1.68. The molecule has 82 valence electrons. The number of nitrogens with one attached hydrogen (secondary N) is 1. The molecule has 2 aromatic rings. The summed E-state index contributed by atoms with van der Waals surface area (Å²) in [6, 6.07) is 1.94. The van der Waals surface area contributed by atoms with E-state index in [1.54, 1.807) is 18.5 Å². The summed E-state index contributed by atoms with van der Waals surface area (Å²) in [5, 5.41) is 0.953. The molecule has 0 aliphatic rings. The molecule has 0 saturated heterocycles. The summed E-state index contributed by atoms with van der Waals surface area (Å²) in [6.45, 7) is 0. The molecular weight excluding hydrogens is 272 g/mol. The molecule has 0 radical (unpaired) electrons. The van der Waals surface area contributed by atoms with Crippen LogP contribution in [0.4, 0.5) is 0 Å². The minimum atomic E-state index is -0.377. The quantitative estimate of drug-likeness (QED) is 0.679. The number of hydrogen-bond donors (Lipinski definition) is 1. The Balaban J connectivity index is 2.41. The molecule has 0 fully saturated rings. The summed E-state index contributed by atoms with van der Waals surface area (Å²) >= 11 is 3.35. The van der Waals surface area contributed by atoms with Gasteiger partial charge in [0.2, 0.25) is 0 Å². The number of carbonyl (C=O) groups is 1. The molecular formula is C11H9BrN2O2. The smallest absolute Gasteiger partial charge is 0.330 e. The van der Waals surface area contributed by atoms with E-state index in [1.807, 2.05) is 6.07 Å². The first-order valence-corrected chi connectivity index (χ1v) is 5.38. The molecule has 4 nitrogen and oxygen atoms in total. The number of pyridine rings is 1. The van der Waals surface area contributed by atoms with E-state index >= 15 is 0 Å². The van der Waals surface area contributed by atoms with Gasteiger partial charge in [0.1, 0.15) is 5.65 Å². The lowest BCUT2D eigenvalue weighted by Gasteiger charge is -1.93. The van der Waals surface area contributed by atoms with Gasteiger partial charge in [-0.15, -0.1) is 0 Å². The molecule has 0 bridgehead atoms. The highest BCUT2D eigenvalue weighted by atomic mass is 79.9. The SMILES string of the molecule is COC(=O)C=Cc1c[nH]c2ncc(Br)cc12. The van der Waals surface area contributed by atoms with Crippen LogP contribution < -0.4 is 0 Å². The van der Waals surface area contributed by atoms with Crippen molar-refractivity contribution in [2.75, 3.05) is 7.11 Å². The van der Waals surface area contributed by atoms with Gasteiger partial charge in [-0.2, -0.15) is 0 Å². The molecule has 0 aliphatic carbocycles. The lowest BCUT2D eigenvalue weighted by Crippen LogP contribution is -1.92. The Kier molecular flexibility index (Phi) is 3.05. The van der Waals surface area contributed by atoms with Crippen LogP contribution in [0.2, 0.25) is 0 Å². The van der Waals surface area contributed by atoms with Crippen molar-refractivity contribution in [3.05, 3.63) is 34.6 Å². The van der Waals surface area contributed by atoms with Gasteiger partial charge in [-0.3, -0.25) is 0 Å². The summed E-state index contributed by atoms with van der Waals surface area (Å²) < 4.78 is 5.42. The first kappa shape index (κ1) is 10.9. The molecule has 5 heteroatoms. The third-order valence-corrected chi connectivity index (χ3v) is 2.56. The molecule has 0 unspecified atom stereocenters. The average molecular weight is 281 g/mol. The normalized spacial score (nSPS) is 11.1. The van der Waals surface area contributed by atoms with E-state index in [0.29, 0.717) is 0 Å². The van der Waals surface area contributed by atoms with Crippen molar-refractivity contribution >= 4 is 39.0 Å². The Labute approximate surface area is 100 Å². The molecule has 0 saturated carbocycles. The molecule has 0 atom stereocenters. The van der Waals surface area contributed by atoms with Crippen LogP contribution in [0.5, 0.6) is 0 Å². The molecule has 2 heterocycles. The molecule has 0 amide bonds. The van der Waals surface area contributed by atoms with E-state index in [4.69, 9.17) is 0 Å². The number of halogens is 1. The molecule has 2 rings (SSSR count). The second-order valence-corrected chi connectivity index (χ2v) is 4.07. The fraction of sp³-hybridized carbons (Fsp3) is 0.0909.